The van der Waals surface area contributed by atoms with Crippen molar-refractivity contribution in [2.24, 2.45) is 17.8 Å². The second-order valence-corrected chi connectivity index (χ2v) is 13.8. The van der Waals surface area contributed by atoms with Crippen LogP contribution in [0.2, 0.25) is 0 Å². The second kappa shape index (κ2) is 11.0. The van der Waals surface area contributed by atoms with Crippen LogP contribution in [0.15, 0.2) is 72.8 Å². The van der Waals surface area contributed by atoms with Crippen LogP contribution in [-0.4, -0.2) is 74.4 Å². The van der Waals surface area contributed by atoms with Gasteiger partial charge >= 0.3 is 0 Å². The van der Waals surface area contributed by atoms with E-state index >= 15 is 0 Å². The van der Waals surface area contributed by atoms with Gasteiger partial charge in [-0.3, -0.25) is 14.4 Å². The van der Waals surface area contributed by atoms with Crippen molar-refractivity contribution in [3.63, 3.8) is 0 Å². The number of hydrogen-bond donors (Lipinski definition) is 1. The van der Waals surface area contributed by atoms with E-state index < -0.39 is 28.7 Å². The van der Waals surface area contributed by atoms with Crippen molar-refractivity contribution in [1.82, 2.24) is 9.80 Å². The molecule has 7 nitrogen and oxygen atoms in total. The summed E-state index contributed by atoms with van der Waals surface area (Å²) in [4.78, 5) is 49.0. The van der Waals surface area contributed by atoms with E-state index in [1.165, 1.54) is 0 Å². The van der Waals surface area contributed by atoms with E-state index in [0.29, 0.717) is 19.6 Å². The zero-order chi connectivity index (χ0) is 29.8. The minimum atomic E-state index is -0.923. The van der Waals surface area contributed by atoms with Crippen LogP contribution in [0.25, 0.3) is 0 Å². The van der Waals surface area contributed by atoms with Crippen LogP contribution in [-0.2, 0) is 20.9 Å². The highest BCUT2D eigenvalue weighted by Crippen LogP contribution is 2.61. The fourth-order valence-electron chi connectivity index (χ4n) is 7.28. The SMILES string of the molecule is Cc1ccc(C)c(N2CC=C[C@]34S[C@H]5C=CCN(Cc6ccccc6)C(=O)[C@H]5[C@H]3C(=O)N([C@@H](CO)C(C)C)C4C2=O)c1. The third-order valence-electron chi connectivity index (χ3n) is 9.37. The number of carbonyl (C=O) groups is 3. The van der Waals surface area contributed by atoms with Gasteiger partial charge < -0.3 is 19.8 Å². The van der Waals surface area contributed by atoms with Crippen LogP contribution in [0.3, 0.4) is 0 Å². The zero-order valence-electron chi connectivity index (χ0n) is 24.6. The molecule has 2 aromatic carbocycles. The molecule has 1 N–H and O–H groups in total. The van der Waals surface area contributed by atoms with Crippen molar-refractivity contribution in [3.8, 4) is 0 Å². The number of benzene rings is 2. The van der Waals surface area contributed by atoms with Gasteiger partial charge in [0.25, 0.3) is 5.91 Å². The summed E-state index contributed by atoms with van der Waals surface area (Å²) in [6, 6.07) is 14.6. The van der Waals surface area contributed by atoms with Crippen molar-refractivity contribution in [2.45, 2.75) is 56.3 Å². The number of anilines is 1. The molecule has 2 aromatic rings. The predicted octanol–water partition coefficient (Wildman–Crippen LogP) is 4.12. The summed E-state index contributed by atoms with van der Waals surface area (Å²) < 4.78 is -0.923. The summed E-state index contributed by atoms with van der Waals surface area (Å²) >= 11 is 1.58. The number of aryl methyl sites for hydroxylation is 2. The predicted molar refractivity (Wildman–Crippen MR) is 166 cm³/mol. The molecule has 4 aliphatic rings. The average Bonchev–Trinajstić information content (AvgIpc) is 3.28. The minimum absolute atomic E-state index is 0.0567. The summed E-state index contributed by atoms with van der Waals surface area (Å²) in [5, 5.41) is 10.3. The van der Waals surface area contributed by atoms with Crippen molar-refractivity contribution >= 4 is 35.2 Å². The molecule has 4 heterocycles. The number of carbonyl (C=O) groups excluding carboxylic acids is 3. The van der Waals surface area contributed by atoms with Crippen molar-refractivity contribution in [2.75, 3.05) is 24.6 Å². The highest BCUT2D eigenvalue weighted by Gasteiger charge is 2.72. The number of likely N-dealkylation sites (tertiary alicyclic amines) is 1. The zero-order valence-corrected chi connectivity index (χ0v) is 25.5. The van der Waals surface area contributed by atoms with Gasteiger partial charge in [0, 0.05) is 30.6 Å². The molecule has 0 radical (unpaired) electrons. The Hall–Kier alpha value is -3.36. The number of aliphatic hydroxyl groups is 1. The molecule has 0 saturated carbocycles. The lowest BCUT2D eigenvalue weighted by molar-refractivity contribution is -0.145. The molecule has 6 rings (SSSR count). The molecule has 8 heteroatoms. The molecule has 4 aliphatic heterocycles. The average molecular weight is 586 g/mol. The monoisotopic (exact) mass is 585 g/mol. The van der Waals surface area contributed by atoms with Gasteiger partial charge in [0.05, 0.1) is 29.2 Å². The maximum absolute atomic E-state index is 14.8. The van der Waals surface area contributed by atoms with Crippen LogP contribution in [0.5, 0.6) is 0 Å². The Balaban J connectivity index is 1.45. The molecule has 2 fully saturated rings. The van der Waals surface area contributed by atoms with Crippen molar-refractivity contribution in [3.05, 3.63) is 89.5 Å². The number of rotatable bonds is 6. The maximum Gasteiger partial charge on any atom is 0.251 e. The first kappa shape index (κ1) is 28.7. The van der Waals surface area contributed by atoms with Gasteiger partial charge in [-0.15, -0.1) is 11.8 Å². The topological polar surface area (TPSA) is 81.2 Å². The second-order valence-electron chi connectivity index (χ2n) is 12.4. The normalized spacial score (nSPS) is 29.5. The Bertz CT molecular complexity index is 1460. The highest BCUT2D eigenvalue weighted by molar-refractivity contribution is 8.02. The smallest absolute Gasteiger partial charge is 0.251 e. The number of nitrogens with zero attached hydrogens (tertiary/aromatic N) is 3. The van der Waals surface area contributed by atoms with E-state index in [4.69, 9.17) is 0 Å². The minimum Gasteiger partial charge on any atom is -0.394 e. The Morgan fingerprint density at radius 1 is 0.976 bits per heavy atom. The summed E-state index contributed by atoms with van der Waals surface area (Å²) in [5.74, 6) is -1.82. The lowest BCUT2D eigenvalue weighted by Crippen LogP contribution is -2.57. The first-order chi connectivity index (χ1) is 20.2. The molecule has 3 amide bonds. The highest BCUT2D eigenvalue weighted by atomic mass is 32.2. The molecule has 0 aliphatic carbocycles. The quantitative estimate of drug-likeness (QED) is 0.516. The first-order valence-electron chi connectivity index (χ1n) is 14.8. The molecular weight excluding hydrogens is 546 g/mol. The van der Waals surface area contributed by atoms with Gasteiger partial charge in [0.2, 0.25) is 11.8 Å². The Kier molecular flexibility index (Phi) is 7.56. The number of hydrogen-bond acceptors (Lipinski definition) is 5. The van der Waals surface area contributed by atoms with Crippen LogP contribution < -0.4 is 4.90 Å². The lowest BCUT2D eigenvalue weighted by atomic mass is 9.78. The summed E-state index contributed by atoms with van der Waals surface area (Å²) in [5.41, 5.74) is 3.88. The Morgan fingerprint density at radius 3 is 2.45 bits per heavy atom. The van der Waals surface area contributed by atoms with Gasteiger partial charge in [0.15, 0.2) is 0 Å². The van der Waals surface area contributed by atoms with Crippen molar-refractivity contribution < 1.29 is 19.5 Å². The Labute approximate surface area is 252 Å². The molecule has 42 heavy (non-hydrogen) atoms. The third kappa shape index (κ3) is 4.51. The molecule has 0 bridgehead atoms. The fourth-order valence-corrected chi connectivity index (χ4v) is 9.27. The summed E-state index contributed by atoms with van der Waals surface area (Å²) in [6.45, 7) is 8.98. The molecular formula is C34H39N3O4S. The van der Waals surface area contributed by atoms with Crippen LogP contribution in [0.4, 0.5) is 5.69 Å². The first-order valence-corrected chi connectivity index (χ1v) is 15.7. The number of fused-ring (bicyclic) bond motifs is 2. The van der Waals surface area contributed by atoms with E-state index in [-0.39, 0.29) is 35.5 Å². The van der Waals surface area contributed by atoms with E-state index in [1.807, 2.05) is 99.4 Å². The fraction of sp³-hybridized carbons (Fsp3) is 0.441. The third-order valence-corrected chi connectivity index (χ3v) is 11.1. The van der Waals surface area contributed by atoms with Crippen LogP contribution in [0.1, 0.15) is 30.5 Å². The van der Waals surface area contributed by atoms with Gasteiger partial charge in [-0.2, -0.15) is 0 Å². The van der Waals surface area contributed by atoms with Gasteiger partial charge in [0.1, 0.15) is 6.04 Å². The number of aliphatic hydroxyl groups excluding tert-OH is 1. The molecule has 1 unspecified atom stereocenters. The van der Waals surface area contributed by atoms with E-state index in [2.05, 4.69) is 6.08 Å². The van der Waals surface area contributed by atoms with Gasteiger partial charge in [-0.05, 0) is 42.5 Å². The number of amides is 3. The van der Waals surface area contributed by atoms with Crippen LogP contribution in [0, 0.1) is 31.6 Å². The van der Waals surface area contributed by atoms with E-state index in [1.54, 1.807) is 21.6 Å². The summed E-state index contributed by atoms with van der Waals surface area (Å²) in [7, 11) is 0. The molecule has 6 atom stereocenters. The Morgan fingerprint density at radius 2 is 1.74 bits per heavy atom. The van der Waals surface area contributed by atoms with Gasteiger partial charge in [-0.1, -0.05) is 80.6 Å². The van der Waals surface area contributed by atoms with Crippen LogP contribution >= 0.6 is 11.8 Å². The van der Waals surface area contributed by atoms with Crippen molar-refractivity contribution in [1.29, 1.82) is 0 Å². The number of thioether (sulfide) groups is 1. The largest absolute Gasteiger partial charge is 0.394 e. The molecule has 0 aromatic heterocycles. The van der Waals surface area contributed by atoms with E-state index in [9.17, 15) is 19.5 Å². The molecule has 220 valence electrons. The standard InChI is InChI=1S/C34H39N3O4S/c1-21(2)26(20-38)37-30-33(41)36(25-18-22(3)13-14-23(25)4)17-9-15-34(30)29(32(37)40)28-27(42-34)12-8-16-35(31(28)39)19-24-10-6-5-7-11-24/h5-15,18,21,26-30,38H,16-17,19-20H2,1-4H3/t26-,27-,28+,29-,30?,34-/m0/s1. The van der Waals surface area contributed by atoms with Gasteiger partial charge in [-0.25, -0.2) is 0 Å². The molecule has 2 saturated heterocycles. The van der Waals surface area contributed by atoms with E-state index in [0.717, 1.165) is 22.4 Å². The summed E-state index contributed by atoms with van der Waals surface area (Å²) in [6.07, 6.45) is 8.14. The lowest BCUT2D eigenvalue weighted by Gasteiger charge is -2.40. The maximum atomic E-state index is 14.8. The molecule has 1 spiro atoms.